The minimum absolute atomic E-state index is 0.268. The summed E-state index contributed by atoms with van der Waals surface area (Å²) < 4.78 is 14.5. The van der Waals surface area contributed by atoms with E-state index in [0.29, 0.717) is 5.56 Å². The second-order valence-electron chi connectivity index (χ2n) is 4.01. The van der Waals surface area contributed by atoms with E-state index in [9.17, 15) is 4.39 Å². The van der Waals surface area contributed by atoms with Crippen molar-refractivity contribution in [2.24, 2.45) is 5.73 Å². The van der Waals surface area contributed by atoms with E-state index in [1.54, 1.807) is 17.4 Å². The third-order valence-corrected chi connectivity index (χ3v) is 4.19. The van der Waals surface area contributed by atoms with Crippen LogP contribution in [0.3, 0.4) is 0 Å². The number of halogens is 2. The number of benzene rings is 1. The van der Waals surface area contributed by atoms with Gasteiger partial charge in [0, 0.05) is 19.8 Å². The molecule has 1 heterocycles. The molecule has 0 aliphatic carbocycles. The summed E-state index contributed by atoms with van der Waals surface area (Å²) >= 11 is 4.93. The zero-order valence-corrected chi connectivity index (χ0v) is 12.0. The summed E-state index contributed by atoms with van der Waals surface area (Å²) in [7, 11) is 0. The van der Waals surface area contributed by atoms with Gasteiger partial charge in [0.05, 0.1) is 6.04 Å². The van der Waals surface area contributed by atoms with Crippen molar-refractivity contribution in [2.75, 3.05) is 0 Å². The fourth-order valence-corrected chi connectivity index (χ4v) is 3.19. The third-order valence-electron chi connectivity index (χ3n) is 2.71. The van der Waals surface area contributed by atoms with Crippen LogP contribution in [0, 0.1) is 19.7 Å². The molecule has 1 unspecified atom stereocenters. The standard InChI is InChI=1S/C13H13BrFNS/c1-7-5-11(8(2)17-7)13(16)10-4-3-9(14)6-12(10)15/h3-6,13H,16H2,1-2H3. The fraction of sp³-hybridized carbons (Fsp3) is 0.231. The lowest BCUT2D eigenvalue weighted by molar-refractivity contribution is 0.598. The summed E-state index contributed by atoms with van der Waals surface area (Å²) in [5.74, 6) is -0.268. The summed E-state index contributed by atoms with van der Waals surface area (Å²) in [5.41, 5.74) is 7.68. The van der Waals surface area contributed by atoms with E-state index in [0.717, 1.165) is 14.9 Å². The average molecular weight is 314 g/mol. The second kappa shape index (κ2) is 4.88. The van der Waals surface area contributed by atoms with E-state index in [1.165, 1.54) is 10.9 Å². The Morgan fingerprint density at radius 3 is 2.47 bits per heavy atom. The molecule has 0 amide bonds. The SMILES string of the molecule is Cc1cc(C(N)c2ccc(Br)cc2F)c(C)s1. The number of aryl methyl sites for hydroxylation is 2. The Balaban J connectivity index is 2.43. The van der Waals surface area contributed by atoms with Crippen LogP contribution in [-0.4, -0.2) is 0 Å². The Morgan fingerprint density at radius 2 is 1.94 bits per heavy atom. The predicted molar refractivity (Wildman–Crippen MR) is 73.9 cm³/mol. The predicted octanol–water partition coefficient (Wildman–Crippen LogP) is 4.31. The van der Waals surface area contributed by atoms with Crippen molar-refractivity contribution in [3.63, 3.8) is 0 Å². The summed E-state index contributed by atoms with van der Waals surface area (Å²) in [4.78, 5) is 2.35. The molecule has 2 aromatic rings. The Hall–Kier alpha value is -0.710. The van der Waals surface area contributed by atoms with Crippen molar-refractivity contribution >= 4 is 27.3 Å². The van der Waals surface area contributed by atoms with Gasteiger partial charge in [0.15, 0.2) is 0 Å². The molecule has 2 N–H and O–H groups in total. The lowest BCUT2D eigenvalue weighted by Crippen LogP contribution is -2.13. The maximum absolute atomic E-state index is 13.8. The van der Waals surface area contributed by atoms with Gasteiger partial charge in [-0.25, -0.2) is 4.39 Å². The number of hydrogen-bond acceptors (Lipinski definition) is 2. The van der Waals surface area contributed by atoms with E-state index in [2.05, 4.69) is 15.9 Å². The van der Waals surface area contributed by atoms with Crippen molar-refractivity contribution in [1.29, 1.82) is 0 Å². The van der Waals surface area contributed by atoms with Crippen molar-refractivity contribution in [3.05, 3.63) is 55.4 Å². The minimum Gasteiger partial charge on any atom is -0.320 e. The highest BCUT2D eigenvalue weighted by Crippen LogP contribution is 2.30. The third kappa shape index (κ3) is 2.59. The maximum atomic E-state index is 13.8. The quantitative estimate of drug-likeness (QED) is 0.878. The molecule has 1 aromatic carbocycles. The van der Waals surface area contributed by atoms with Gasteiger partial charge in [-0.2, -0.15) is 0 Å². The first-order valence-electron chi connectivity index (χ1n) is 5.26. The molecule has 0 fully saturated rings. The number of hydrogen-bond donors (Lipinski definition) is 1. The Labute approximate surface area is 113 Å². The second-order valence-corrected chi connectivity index (χ2v) is 6.39. The smallest absolute Gasteiger partial charge is 0.129 e. The van der Waals surface area contributed by atoms with E-state index >= 15 is 0 Å². The zero-order chi connectivity index (χ0) is 12.6. The molecule has 0 spiro atoms. The Kier molecular flexibility index (Phi) is 3.66. The molecule has 1 aromatic heterocycles. The van der Waals surface area contributed by atoms with Crippen LogP contribution in [0.4, 0.5) is 4.39 Å². The first-order valence-corrected chi connectivity index (χ1v) is 6.87. The highest BCUT2D eigenvalue weighted by atomic mass is 79.9. The van der Waals surface area contributed by atoms with E-state index in [1.807, 2.05) is 26.0 Å². The van der Waals surface area contributed by atoms with Gasteiger partial charge >= 0.3 is 0 Å². The van der Waals surface area contributed by atoms with Gasteiger partial charge in [-0.05, 0) is 37.6 Å². The molecule has 0 saturated carbocycles. The van der Waals surface area contributed by atoms with Crippen LogP contribution >= 0.6 is 27.3 Å². The molecule has 0 aliphatic heterocycles. The summed E-state index contributed by atoms with van der Waals surface area (Å²) in [6.45, 7) is 4.05. The van der Waals surface area contributed by atoms with Crippen molar-refractivity contribution in [3.8, 4) is 0 Å². The van der Waals surface area contributed by atoms with E-state index < -0.39 is 6.04 Å². The summed E-state index contributed by atoms with van der Waals surface area (Å²) in [6.07, 6.45) is 0. The molecule has 17 heavy (non-hydrogen) atoms. The van der Waals surface area contributed by atoms with Gasteiger partial charge in [0.25, 0.3) is 0 Å². The number of thiophene rings is 1. The van der Waals surface area contributed by atoms with Crippen LogP contribution in [0.5, 0.6) is 0 Å². The lowest BCUT2D eigenvalue weighted by Gasteiger charge is -2.13. The lowest BCUT2D eigenvalue weighted by atomic mass is 9.99. The zero-order valence-electron chi connectivity index (χ0n) is 9.63. The molecule has 1 nitrogen and oxygen atoms in total. The van der Waals surface area contributed by atoms with Crippen LogP contribution < -0.4 is 5.73 Å². The molecule has 1 atom stereocenters. The molecule has 4 heteroatoms. The molecule has 90 valence electrons. The van der Waals surface area contributed by atoms with Crippen LogP contribution in [-0.2, 0) is 0 Å². The summed E-state index contributed by atoms with van der Waals surface area (Å²) in [5, 5.41) is 0. The molecule has 2 rings (SSSR count). The summed E-state index contributed by atoms with van der Waals surface area (Å²) in [6, 6.07) is 6.63. The van der Waals surface area contributed by atoms with Crippen LogP contribution in [0.1, 0.15) is 26.9 Å². The van der Waals surface area contributed by atoms with Gasteiger partial charge in [0.2, 0.25) is 0 Å². The Morgan fingerprint density at radius 1 is 1.24 bits per heavy atom. The number of nitrogens with two attached hydrogens (primary N) is 1. The largest absolute Gasteiger partial charge is 0.320 e. The average Bonchev–Trinajstić information content (AvgIpc) is 2.57. The topological polar surface area (TPSA) is 26.0 Å². The number of rotatable bonds is 2. The monoisotopic (exact) mass is 313 g/mol. The first kappa shape index (κ1) is 12.7. The van der Waals surface area contributed by atoms with Gasteiger partial charge in [-0.15, -0.1) is 11.3 Å². The van der Waals surface area contributed by atoms with Crippen molar-refractivity contribution in [2.45, 2.75) is 19.9 Å². The van der Waals surface area contributed by atoms with Crippen LogP contribution in [0.15, 0.2) is 28.7 Å². The van der Waals surface area contributed by atoms with E-state index in [4.69, 9.17) is 5.73 Å². The molecular weight excluding hydrogens is 301 g/mol. The van der Waals surface area contributed by atoms with Gasteiger partial charge in [-0.1, -0.05) is 22.0 Å². The molecule has 0 saturated heterocycles. The first-order chi connectivity index (χ1) is 7.99. The van der Waals surface area contributed by atoms with Gasteiger partial charge in [-0.3, -0.25) is 0 Å². The molecular formula is C13H13BrFNS. The normalized spacial score (nSPS) is 12.8. The fourth-order valence-electron chi connectivity index (χ4n) is 1.88. The Bertz CT molecular complexity index is 550. The maximum Gasteiger partial charge on any atom is 0.129 e. The van der Waals surface area contributed by atoms with Gasteiger partial charge < -0.3 is 5.73 Å². The van der Waals surface area contributed by atoms with Crippen molar-refractivity contribution < 1.29 is 4.39 Å². The molecule has 0 bridgehead atoms. The van der Waals surface area contributed by atoms with E-state index in [-0.39, 0.29) is 5.82 Å². The highest BCUT2D eigenvalue weighted by molar-refractivity contribution is 9.10. The highest BCUT2D eigenvalue weighted by Gasteiger charge is 2.17. The minimum atomic E-state index is -0.395. The van der Waals surface area contributed by atoms with Crippen LogP contribution in [0.25, 0.3) is 0 Å². The molecule has 0 radical (unpaired) electrons. The van der Waals surface area contributed by atoms with Crippen molar-refractivity contribution in [1.82, 2.24) is 0 Å². The molecule has 0 aliphatic rings. The van der Waals surface area contributed by atoms with Gasteiger partial charge in [0.1, 0.15) is 5.82 Å². The van der Waals surface area contributed by atoms with Crippen LogP contribution in [0.2, 0.25) is 0 Å².